The molecule has 1 saturated carbocycles. The zero-order chi connectivity index (χ0) is 11.2. The molecule has 1 atom stereocenters. The van der Waals surface area contributed by atoms with Gasteiger partial charge in [-0.2, -0.15) is 0 Å². The first kappa shape index (κ1) is 11.7. The molecule has 3 nitrogen and oxygen atoms in total. The number of ether oxygens (including phenoxy) is 1. The van der Waals surface area contributed by atoms with Crippen molar-refractivity contribution in [2.75, 3.05) is 19.8 Å². The Hall–Kier alpha value is -0.800. The van der Waals surface area contributed by atoms with Crippen LogP contribution in [0.25, 0.3) is 0 Å². The Kier molecular flexibility index (Phi) is 4.43. The second-order valence-electron chi connectivity index (χ2n) is 4.54. The Balaban J connectivity index is 1.47. The van der Waals surface area contributed by atoms with Crippen LogP contribution < -0.4 is 5.32 Å². The Morgan fingerprint density at radius 1 is 1.50 bits per heavy atom. The molecule has 1 aromatic heterocycles. The van der Waals surface area contributed by atoms with Gasteiger partial charge in [-0.3, -0.25) is 0 Å². The monoisotopic (exact) mass is 223 g/mol. The topological polar surface area (TPSA) is 34.4 Å². The van der Waals surface area contributed by atoms with E-state index in [0.717, 1.165) is 31.4 Å². The van der Waals surface area contributed by atoms with Gasteiger partial charge in [-0.15, -0.1) is 0 Å². The van der Waals surface area contributed by atoms with Crippen LogP contribution in [0.1, 0.15) is 38.0 Å². The summed E-state index contributed by atoms with van der Waals surface area (Å²) in [5.41, 5.74) is 0. The van der Waals surface area contributed by atoms with Crippen LogP contribution in [-0.2, 0) is 4.74 Å². The van der Waals surface area contributed by atoms with Crippen LogP contribution in [0, 0.1) is 5.92 Å². The summed E-state index contributed by atoms with van der Waals surface area (Å²) < 4.78 is 10.9. The van der Waals surface area contributed by atoms with Gasteiger partial charge in [-0.1, -0.05) is 12.8 Å². The normalized spacial score (nSPS) is 17.6. The predicted molar refractivity (Wildman–Crippen MR) is 63.3 cm³/mol. The quantitative estimate of drug-likeness (QED) is 0.688. The van der Waals surface area contributed by atoms with E-state index in [2.05, 4.69) is 12.2 Å². The van der Waals surface area contributed by atoms with E-state index in [0.29, 0.717) is 0 Å². The number of hydrogen-bond donors (Lipinski definition) is 1. The Labute approximate surface area is 97.2 Å². The van der Waals surface area contributed by atoms with E-state index < -0.39 is 0 Å². The first-order chi connectivity index (χ1) is 7.86. The molecule has 0 amide bonds. The number of furan rings is 1. The van der Waals surface area contributed by atoms with Gasteiger partial charge in [0.05, 0.1) is 18.9 Å². The standard InChI is InChI=1S/C13H21NO2/c1-11(13-3-2-8-16-13)14-7-10-15-9-6-12-4-5-12/h2-3,8,11-12,14H,4-7,9-10H2,1H3. The fourth-order valence-electron chi connectivity index (χ4n) is 1.74. The van der Waals surface area contributed by atoms with E-state index in [1.54, 1.807) is 6.26 Å². The predicted octanol–water partition coefficient (Wildman–Crippen LogP) is 2.75. The van der Waals surface area contributed by atoms with Gasteiger partial charge in [-0.25, -0.2) is 0 Å². The van der Waals surface area contributed by atoms with E-state index in [9.17, 15) is 0 Å². The van der Waals surface area contributed by atoms with Crippen molar-refractivity contribution in [2.45, 2.75) is 32.2 Å². The average molecular weight is 223 g/mol. The highest BCUT2D eigenvalue weighted by Crippen LogP contribution is 2.31. The molecular weight excluding hydrogens is 202 g/mol. The highest BCUT2D eigenvalue weighted by Gasteiger charge is 2.20. The highest BCUT2D eigenvalue weighted by molar-refractivity contribution is 5.02. The van der Waals surface area contributed by atoms with Gasteiger partial charge in [0.25, 0.3) is 0 Å². The van der Waals surface area contributed by atoms with Gasteiger partial charge in [0, 0.05) is 13.2 Å². The first-order valence-corrected chi connectivity index (χ1v) is 6.21. The van der Waals surface area contributed by atoms with Crippen molar-refractivity contribution < 1.29 is 9.15 Å². The Morgan fingerprint density at radius 2 is 2.38 bits per heavy atom. The van der Waals surface area contributed by atoms with Crippen LogP contribution in [0.4, 0.5) is 0 Å². The zero-order valence-corrected chi connectivity index (χ0v) is 9.95. The molecule has 1 aromatic rings. The third-order valence-electron chi connectivity index (χ3n) is 3.03. The minimum Gasteiger partial charge on any atom is -0.468 e. The summed E-state index contributed by atoms with van der Waals surface area (Å²) in [4.78, 5) is 0. The molecule has 0 radical (unpaired) electrons. The summed E-state index contributed by atoms with van der Waals surface area (Å²) in [6.45, 7) is 4.69. The van der Waals surface area contributed by atoms with E-state index in [1.807, 2.05) is 12.1 Å². The van der Waals surface area contributed by atoms with Gasteiger partial charge in [0.15, 0.2) is 0 Å². The molecule has 0 bridgehead atoms. The second kappa shape index (κ2) is 6.06. The zero-order valence-electron chi connectivity index (χ0n) is 9.95. The largest absolute Gasteiger partial charge is 0.468 e. The Bertz CT molecular complexity index is 280. The molecule has 3 heteroatoms. The molecule has 0 saturated heterocycles. The van der Waals surface area contributed by atoms with Crippen molar-refractivity contribution in [2.24, 2.45) is 5.92 Å². The van der Waals surface area contributed by atoms with Crippen molar-refractivity contribution in [1.29, 1.82) is 0 Å². The van der Waals surface area contributed by atoms with Gasteiger partial charge >= 0.3 is 0 Å². The molecule has 1 fully saturated rings. The second-order valence-corrected chi connectivity index (χ2v) is 4.54. The van der Waals surface area contributed by atoms with Crippen LogP contribution in [0.3, 0.4) is 0 Å². The van der Waals surface area contributed by atoms with Crippen LogP contribution in [0.15, 0.2) is 22.8 Å². The molecule has 1 heterocycles. The van der Waals surface area contributed by atoms with Crippen molar-refractivity contribution in [3.8, 4) is 0 Å². The van der Waals surface area contributed by atoms with Crippen LogP contribution in [-0.4, -0.2) is 19.8 Å². The fourth-order valence-corrected chi connectivity index (χ4v) is 1.74. The molecule has 1 aliphatic carbocycles. The molecule has 1 N–H and O–H groups in total. The number of hydrogen-bond acceptors (Lipinski definition) is 3. The number of rotatable bonds is 8. The van der Waals surface area contributed by atoms with Crippen molar-refractivity contribution in [3.63, 3.8) is 0 Å². The molecule has 0 aliphatic heterocycles. The SMILES string of the molecule is CC(NCCOCCC1CC1)c1ccco1. The molecule has 0 spiro atoms. The number of nitrogens with one attached hydrogen (secondary N) is 1. The summed E-state index contributed by atoms with van der Waals surface area (Å²) in [5, 5.41) is 3.37. The molecule has 1 aliphatic rings. The third kappa shape index (κ3) is 3.99. The van der Waals surface area contributed by atoms with Crippen molar-refractivity contribution in [3.05, 3.63) is 24.2 Å². The summed E-state index contributed by atoms with van der Waals surface area (Å²) in [6.07, 6.45) is 5.78. The lowest BCUT2D eigenvalue weighted by Crippen LogP contribution is -2.23. The third-order valence-corrected chi connectivity index (χ3v) is 3.03. The lowest BCUT2D eigenvalue weighted by molar-refractivity contribution is 0.127. The molecule has 2 rings (SSSR count). The van der Waals surface area contributed by atoms with Gasteiger partial charge in [-0.05, 0) is 31.4 Å². The first-order valence-electron chi connectivity index (χ1n) is 6.21. The summed E-state index contributed by atoms with van der Waals surface area (Å²) in [7, 11) is 0. The van der Waals surface area contributed by atoms with Gasteiger partial charge in [0.2, 0.25) is 0 Å². The van der Waals surface area contributed by atoms with Crippen LogP contribution >= 0.6 is 0 Å². The Morgan fingerprint density at radius 3 is 3.06 bits per heavy atom. The van der Waals surface area contributed by atoms with Crippen LogP contribution in [0.5, 0.6) is 0 Å². The van der Waals surface area contributed by atoms with E-state index in [4.69, 9.17) is 9.15 Å². The molecule has 16 heavy (non-hydrogen) atoms. The fraction of sp³-hybridized carbons (Fsp3) is 0.692. The molecule has 1 unspecified atom stereocenters. The van der Waals surface area contributed by atoms with Crippen LogP contribution in [0.2, 0.25) is 0 Å². The highest BCUT2D eigenvalue weighted by atomic mass is 16.5. The van der Waals surface area contributed by atoms with Crippen molar-refractivity contribution in [1.82, 2.24) is 5.32 Å². The van der Waals surface area contributed by atoms with E-state index in [1.165, 1.54) is 19.3 Å². The smallest absolute Gasteiger partial charge is 0.120 e. The summed E-state index contributed by atoms with van der Waals surface area (Å²) in [5.74, 6) is 1.95. The minimum absolute atomic E-state index is 0.266. The van der Waals surface area contributed by atoms with Crippen molar-refractivity contribution >= 4 is 0 Å². The molecule has 90 valence electrons. The van der Waals surface area contributed by atoms with Gasteiger partial charge in [0.1, 0.15) is 5.76 Å². The minimum atomic E-state index is 0.266. The molecule has 0 aromatic carbocycles. The summed E-state index contributed by atoms with van der Waals surface area (Å²) >= 11 is 0. The molecular formula is C13H21NO2. The average Bonchev–Trinajstić information content (AvgIpc) is 2.95. The van der Waals surface area contributed by atoms with Gasteiger partial charge < -0.3 is 14.5 Å². The maximum Gasteiger partial charge on any atom is 0.120 e. The van der Waals surface area contributed by atoms with E-state index >= 15 is 0 Å². The maximum absolute atomic E-state index is 5.56. The maximum atomic E-state index is 5.56. The summed E-state index contributed by atoms with van der Waals surface area (Å²) in [6, 6.07) is 4.17. The lowest BCUT2D eigenvalue weighted by Gasteiger charge is -2.11. The lowest BCUT2D eigenvalue weighted by atomic mass is 10.2. The van der Waals surface area contributed by atoms with E-state index in [-0.39, 0.29) is 6.04 Å².